The first-order valence-corrected chi connectivity index (χ1v) is 7.42. The molecule has 1 N–H and O–H groups in total. The van der Waals surface area contributed by atoms with E-state index in [1.165, 1.54) is 0 Å². The Labute approximate surface area is 135 Å². The quantitative estimate of drug-likeness (QED) is 0.659. The highest BCUT2D eigenvalue weighted by Crippen LogP contribution is 2.25. The second-order valence-corrected chi connectivity index (χ2v) is 5.75. The Morgan fingerprint density at radius 1 is 1.14 bits per heavy atom. The third-order valence-electron chi connectivity index (χ3n) is 3.09. The molecule has 2 aromatic carbocycles. The van der Waals surface area contributed by atoms with Gasteiger partial charge in [-0.3, -0.25) is 4.79 Å². The van der Waals surface area contributed by atoms with Gasteiger partial charge in [0.05, 0.1) is 5.56 Å². The van der Waals surface area contributed by atoms with Gasteiger partial charge in [0.1, 0.15) is 5.15 Å². The molecule has 0 fully saturated rings. The lowest BCUT2D eigenvalue weighted by atomic mass is 10.1. The van der Waals surface area contributed by atoms with Crippen molar-refractivity contribution in [1.82, 2.24) is 4.98 Å². The van der Waals surface area contributed by atoms with Gasteiger partial charge in [-0.1, -0.05) is 48.0 Å². The van der Waals surface area contributed by atoms with Crippen LogP contribution in [0.2, 0.25) is 5.15 Å². The van der Waals surface area contributed by atoms with Crippen molar-refractivity contribution in [2.75, 3.05) is 5.32 Å². The maximum atomic E-state index is 12.4. The number of benzene rings is 2. The van der Waals surface area contributed by atoms with Gasteiger partial charge in [-0.15, -0.1) is 0 Å². The summed E-state index contributed by atoms with van der Waals surface area (Å²) in [6, 6.07) is 15.3. The fourth-order valence-corrected chi connectivity index (χ4v) is 2.63. The summed E-state index contributed by atoms with van der Waals surface area (Å²) in [7, 11) is 0. The van der Waals surface area contributed by atoms with Gasteiger partial charge in [0.2, 0.25) is 0 Å². The lowest BCUT2D eigenvalue weighted by molar-refractivity contribution is 0.102. The van der Waals surface area contributed by atoms with Crippen molar-refractivity contribution in [3.63, 3.8) is 0 Å². The van der Waals surface area contributed by atoms with Gasteiger partial charge in [0.15, 0.2) is 0 Å². The lowest BCUT2D eigenvalue weighted by Crippen LogP contribution is -2.13. The number of halogens is 2. The molecule has 1 heterocycles. The van der Waals surface area contributed by atoms with Gasteiger partial charge < -0.3 is 5.32 Å². The number of pyridine rings is 1. The Balaban J connectivity index is 1.99. The number of hydrogen-bond acceptors (Lipinski definition) is 2. The summed E-state index contributed by atoms with van der Waals surface area (Å²) in [4.78, 5) is 16.3. The second-order valence-electron chi connectivity index (χ2n) is 4.47. The molecular formula is C16H10BrClN2O. The van der Waals surface area contributed by atoms with Crippen LogP contribution < -0.4 is 5.32 Å². The number of nitrogens with zero attached hydrogens (tertiary/aromatic N) is 1. The van der Waals surface area contributed by atoms with Crippen LogP contribution in [0.5, 0.6) is 0 Å². The topological polar surface area (TPSA) is 42.0 Å². The molecule has 0 saturated carbocycles. The van der Waals surface area contributed by atoms with Crippen LogP contribution in [-0.4, -0.2) is 10.9 Å². The number of rotatable bonds is 2. The summed E-state index contributed by atoms with van der Waals surface area (Å²) in [6.45, 7) is 0. The Morgan fingerprint density at radius 2 is 1.90 bits per heavy atom. The fourth-order valence-electron chi connectivity index (χ4n) is 2.11. The molecular weight excluding hydrogens is 352 g/mol. The first kappa shape index (κ1) is 14.0. The molecule has 0 bridgehead atoms. The predicted octanol–water partition coefficient (Wildman–Crippen LogP) is 4.90. The van der Waals surface area contributed by atoms with Crippen molar-refractivity contribution in [2.45, 2.75) is 0 Å². The molecule has 1 amide bonds. The predicted molar refractivity (Wildman–Crippen MR) is 88.8 cm³/mol. The number of carbonyl (C=O) groups is 1. The van der Waals surface area contributed by atoms with Gasteiger partial charge in [-0.2, -0.15) is 0 Å². The molecule has 0 saturated heterocycles. The van der Waals surface area contributed by atoms with E-state index in [-0.39, 0.29) is 11.1 Å². The highest BCUT2D eigenvalue weighted by molar-refractivity contribution is 9.10. The monoisotopic (exact) mass is 360 g/mol. The number of aromatic nitrogens is 1. The van der Waals surface area contributed by atoms with Crippen LogP contribution in [0.25, 0.3) is 10.8 Å². The van der Waals surface area contributed by atoms with Crippen molar-refractivity contribution in [2.24, 2.45) is 0 Å². The van der Waals surface area contributed by atoms with Crippen molar-refractivity contribution in [3.8, 4) is 0 Å². The van der Waals surface area contributed by atoms with Crippen LogP contribution in [0.1, 0.15) is 10.4 Å². The molecule has 104 valence electrons. The summed E-state index contributed by atoms with van der Waals surface area (Å²) in [5.74, 6) is -0.287. The molecule has 3 rings (SSSR count). The summed E-state index contributed by atoms with van der Waals surface area (Å²) in [5, 5.41) is 5.10. The maximum Gasteiger partial charge on any atom is 0.258 e. The molecule has 0 aliphatic carbocycles. The normalized spacial score (nSPS) is 10.6. The lowest BCUT2D eigenvalue weighted by Gasteiger charge is -2.09. The van der Waals surface area contributed by atoms with Crippen molar-refractivity contribution >= 4 is 49.9 Å². The standard InChI is InChI=1S/C16H10BrClN2O/c17-11-8-13(15(18)19-9-11)16(21)20-14-7-3-5-10-4-1-2-6-12(10)14/h1-9H,(H,20,21). The minimum absolute atomic E-state index is 0.177. The van der Waals surface area contributed by atoms with Crippen molar-refractivity contribution in [1.29, 1.82) is 0 Å². The van der Waals surface area contributed by atoms with E-state index in [0.717, 1.165) is 16.5 Å². The minimum atomic E-state index is -0.287. The van der Waals surface area contributed by atoms with Crippen LogP contribution in [0.15, 0.2) is 59.2 Å². The zero-order valence-electron chi connectivity index (χ0n) is 10.8. The first-order chi connectivity index (χ1) is 10.1. The summed E-state index contributed by atoms with van der Waals surface area (Å²) in [6.07, 6.45) is 1.55. The molecule has 0 atom stereocenters. The maximum absolute atomic E-state index is 12.4. The minimum Gasteiger partial charge on any atom is -0.321 e. The molecule has 0 spiro atoms. The Bertz CT molecular complexity index is 830. The fraction of sp³-hybridized carbons (Fsp3) is 0. The van der Waals surface area contributed by atoms with Crippen molar-refractivity contribution in [3.05, 3.63) is 69.9 Å². The molecule has 0 aliphatic rings. The number of amides is 1. The SMILES string of the molecule is O=C(Nc1cccc2ccccc12)c1cc(Br)cnc1Cl. The Kier molecular flexibility index (Phi) is 3.90. The van der Waals surface area contributed by atoms with E-state index >= 15 is 0 Å². The van der Waals surface area contributed by atoms with E-state index < -0.39 is 0 Å². The van der Waals surface area contributed by atoms with Gasteiger partial charge >= 0.3 is 0 Å². The van der Waals surface area contributed by atoms with E-state index in [0.29, 0.717) is 10.0 Å². The van der Waals surface area contributed by atoms with Gasteiger partial charge in [-0.05, 0) is 33.4 Å². The van der Waals surface area contributed by atoms with Crippen LogP contribution in [0.3, 0.4) is 0 Å². The first-order valence-electron chi connectivity index (χ1n) is 6.25. The average molecular weight is 362 g/mol. The number of anilines is 1. The van der Waals surface area contributed by atoms with Crippen LogP contribution in [-0.2, 0) is 0 Å². The highest BCUT2D eigenvalue weighted by Gasteiger charge is 2.13. The molecule has 3 nitrogen and oxygen atoms in total. The third kappa shape index (κ3) is 2.91. The number of nitrogens with one attached hydrogen (secondary N) is 1. The molecule has 0 radical (unpaired) electrons. The summed E-state index contributed by atoms with van der Waals surface area (Å²) < 4.78 is 0.704. The highest BCUT2D eigenvalue weighted by atomic mass is 79.9. The van der Waals surface area contributed by atoms with Crippen LogP contribution in [0, 0.1) is 0 Å². The summed E-state index contributed by atoms with van der Waals surface area (Å²) >= 11 is 9.27. The van der Waals surface area contributed by atoms with E-state index in [1.54, 1.807) is 12.3 Å². The molecule has 0 unspecified atom stereocenters. The second kappa shape index (κ2) is 5.84. The van der Waals surface area contributed by atoms with E-state index in [1.807, 2.05) is 42.5 Å². The van der Waals surface area contributed by atoms with Crippen LogP contribution >= 0.6 is 27.5 Å². The smallest absolute Gasteiger partial charge is 0.258 e. The molecule has 3 aromatic rings. The van der Waals surface area contributed by atoms with Gasteiger partial charge in [0.25, 0.3) is 5.91 Å². The average Bonchev–Trinajstić information content (AvgIpc) is 2.50. The van der Waals surface area contributed by atoms with Crippen LogP contribution in [0.4, 0.5) is 5.69 Å². The third-order valence-corrected chi connectivity index (χ3v) is 3.82. The Morgan fingerprint density at radius 3 is 2.76 bits per heavy atom. The van der Waals surface area contributed by atoms with Gasteiger partial charge in [-0.25, -0.2) is 4.98 Å². The molecule has 0 aliphatic heterocycles. The van der Waals surface area contributed by atoms with Crippen molar-refractivity contribution < 1.29 is 4.79 Å². The van der Waals surface area contributed by atoms with E-state index in [2.05, 4.69) is 26.2 Å². The summed E-state index contributed by atoms with van der Waals surface area (Å²) in [5.41, 5.74) is 1.08. The molecule has 21 heavy (non-hydrogen) atoms. The zero-order valence-corrected chi connectivity index (χ0v) is 13.1. The number of fused-ring (bicyclic) bond motifs is 1. The molecule has 1 aromatic heterocycles. The van der Waals surface area contributed by atoms with Gasteiger partial charge in [0, 0.05) is 21.7 Å². The number of hydrogen-bond donors (Lipinski definition) is 1. The zero-order chi connectivity index (χ0) is 14.8. The van der Waals surface area contributed by atoms with E-state index in [4.69, 9.17) is 11.6 Å². The number of carbonyl (C=O) groups excluding carboxylic acids is 1. The Hall–Kier alpha value is -1.91. The molecule has 5 heteroatoms. The van der Waals surface area contributed by atoms with E-state index in [9.17, 15) is 4.79 Å². The largest absolute Gasteiger partial charge is 0.321 e.